The summed E-state index contributed by atoms with van der Waals surface area (Å²) in [6.07, 6.45) is 4.32. The molecule has 0 amide bonds. The molecule has 1 unspecified atom stereocenters. The van der Waals surface area contributed by atoms with Crippen LogP contribution in [0.3, 0.4) is 0 Å². The maximum Gasteiger partial charge on any atom is 0.307 e. The molecule has 0 aromatic heterocycles. The molecule has 20 heavy (non-hydrogen) atoms. The van der Waals surface area contributed by atoms with Gasteiger partial charge in [-0.25, -0.2) is 0 Å². The zero-order valence-corrected chi connectivity index (χ0v) is 14.3. The Balaban J connectivity index is 2.34. The third kappa shape index (κ3) is 6.74. The molecule has 1 aliphatic rings. The topological polar surface area (TPSA) is 29.5 Å². The van der Waals surface area contributed by atoms with Gasteiger partial charge < -0.3 is 9.64 Å². The lowest BCUT2D eigenvalue weighted by atomic mass is 9.77. The standard InChI is InChI=1S/C17H33NO2/c1-16(2,3)14-8-7-11-18(12-9-14)13-10-15(19)20-17(4,5)6/h14H,7-13H2,1-6H3. The monoisotopic (exact) mass is 283 g/mol. The van der Waals surface area contributed by atoms with Gasteiger partial charge in [0, 0.05) is 6.54 Å². The highest BCUT2D eigenvalue weighted by atomic mass is 16.6. The van der Waals surface area contributed by atoms with Gasteiger partial charge in [-0.1, -0.05) is 20.8 Å². The van der Waals surface area contributed by atoms with Crippen molar-refractivity contribution in [2.24, 2.45) is 11.3 Å². The second kappa shape index (κ2) is 6.93. The number of hydrogen-bond acceptors (Lipinski definition) is 3. The Kier molecular flexibility index (Phi) is 6.06. The van der Waals surface area contributed by atoms with E-state index in [1.165, 1.54) is 19.3 Å². The van der Waals surface area contributed by atoms with Crippen LogP contribution in [0.5, 0.6) is 0 Å². The number of carbonyl (C=O) groups excluding carboxylic acids is 1. The smallest absolute Gasteiger partial charge is 0.307 e. The normalized spacial score (nSPS) is 22.4. The van der Waals surface area contributed by atoms with E-state index in [1.807, 2.05) is 20.8 Å². The molecule has 1 saturated heterocycles. The maximum absolute atomic E-state index is 11.8. The summed E-state index contributed by atoms with van der Waals surface area (Å²) in [4.78, 5) is 14.2. The predicted octanol–water partition coefficient (Wildman–Crippen LogP) is 3.87. The molecular weight excluding hydrogens is 250 g/mol. The van der Waals surface area contributed by atoms with Gasteiger partial charge in [0.1, 0.15) is 5.60 Å². The molecule has 0 N–H and O–H groups in total. The molecule has 0 saturated carbocycles. The lowest BCUT2D eigenvalue weighted by Crippen LogP contribution is -2.31. The van der Waals surface area contributed by atoms with Crippen molar-refractivity contribution in [2.45, 2.75) is 72.8 Å². The van der Waals surface area contributed by atoms with Crippen LogP contribution in [0, 0.1) is 11.3 Å². The quantitative estimate of drug-likeness (QED) is 0.736. The van der Waals surface area contributed by atoms with E-state index in [2.05, 4.69) is 25.7 Å². The molecule has 1 fully saturated rings. The van der Waals surface area contributed by atoms with Crippen molar-refractivity contribution in [3.63, 3.8) is 0 Å². The summed E-state index contributed by atoms with van der Waals surface area (Å²) in [5, 5.41) is 0. The first-order valence-corrected chi connectivity index (χ1v) is 8.02. The van der Waals surface area contributed by atoms with Crippen molar-refractivity contribution >= 4 is 5.97 Å². The van der Waals surface area contributed by atoms with Crippen LogP contribution >= 0.6 is 0 Å². The Labute approximate surface area is 125 Å². The van der Waals surface area contributed by atoms with Crippen LogP contribution in [-0.4, -0.2) is 36.1 Å². The number of rotatable bonds is 3. The minimum Gasteiger partial charge on any atom is -0.460 e. The fourth-order valence-electron chi connectivity index (χ4n) is 2.89. The molecule has 1 heterocycles. The lowest BCUT2D eigenvalue weighted by molar-refractivity contribution is -0.155. The number of ether oxygens (including phenoxy) is 1. The predicted molar refractivity (Wildman–Crippen MR) is 83.7 cm³/mol. The van der Waals surface area contributed by atoms with E-state index in [0.717, 1.165) is 25.6 Å². The van der Waals surface area contributed by atoms with E-state index in [-0.39, 0.29) is 11.6 Å². The van der Waals surface area contributed by atoms with Crippen LogP contribution in [0.1, 0.15) is 67.2 Å². The van der Waals surface area contributed by atoms with Gasteiger partial charge in [-0.05, 0) is 64.5 Å². The Morgan fingerprint density at radius 1 is 1.10 bits per heavy atom. The van der Waals surface area contributed by atoms with Crippen LogP contribution in [0.2, 0.25) is 0 Å². The second-order valence-electron chi connectivity index (χ2n) is 8.17. The largest absolute Gasteiger partial charge is 0.460 e. The highest BCUT2D eigenvalue weighted by molar-refractivity contribution is 5.70. The summed E-state index contributed by atoms with van der Waals surface area (Å²) in [6.45, 7) is 15.9. The number of nitrogens with zero attached hydrogens (tertiary/aromatic N) is 1. The molecule has 0 radical (unpaired) electrons. The van der Waals surface area contributed by atoms with Crippen LogP contribution in [-0.2, 0) is 9.53 Å². The van der Waals surface area contributed by atoms with Gasteiger partial charge in [0.25, 0.3) is 0 Å². The average Bonchev–Trinajstić information content (AvgIpc) is 2.48. The summed E-state index contributed by atoms with van der Waals surface area (Å²) in [7, 11) is 0. The van der Waals surface area contributed by atoms with Crippen LogP contribution < -0.4 is 0 Å². The summed E-state index contributed by atoms with van der Waals surface area (Å²) >= 11 is 0. The van der Waals surface area contributed by atoms with Gasteiger partial charge >= 0.3 is 5.97 Å². The molecule has 0 aromatic carbocycles. The van der Waals surface area contributed by atoms with Crippen molar-refractivity contribution in [3.05, 3.63) is 0 Å². The Hall–Kier alpha value is -0.570. The highest BCUT2D eigenvalue weighted by Gasteiger charge is 2.27. The van der Waals surface area contributed by atoms with E-state index in [1.54, 1.807) is 0 Å². The SMILES string of the molecule is CC(C)(C)OC(=O)CCN1CCCC(C(C)(C)C)CC1. The molecule has 3 nitrogen and oxygen atoms in total. The van der Waals surface area contributed by atoms with Crippen molar-refractivity contribution in [2.75, 3.05) is 19.6 Å². The maximum atomic E-state index is 11.8. The minimum absolute atomic E-state index is 0.0749. The number of hydrogen-bond donors (Lipinski definition) is 0. The number of esters is 1. The molecule has 0 bridgehead atoms. The molecule has 1 atom stereocenters. The van der Waals surface area contributed by atoms with Crippen LogP contribution in [0.25, 0.3) is 0 Å². The zero-order chi connectivity index (χ0) is 15.4. The van der Waals surface area contributed by atoms with E-state index in [9.17, 15) is 4.79 Å². The van der Waals surface area contributed by atoms with Crippen LogP contribution in [0.4, 0.5) is 0 Å². The molecule has 1 rings (SSSR count). The lowest BCUT2D eigenvalue weighted by Gasteiger charge is -2.29. The molecule has 0 spiro atoms. The van der Waals surface area contributed by atoms with Crippen LogP contribution in [0.15, 0.2) is 0 Å². The van der Waals surface area contributed by atoms with Crippen molar-refractivity contribution < 1.29 is 9.53 Å². The van der Waals surface area contributed by atoms with E-state index >= 15 is 0 Å². The number of likely N-dealkylation sites (tertiary alicyclic amines) is 1. The van der Waals surface area contributed by atoms with Crippen molar-refractivity contribution in [1.82, 2.24) is 4.90 Å². The van der Waals surface area contributed by atoms with E-state index in [0.29, 0.717) is 11.8 Å². The average molecular weight is 283 g/mol. The molecule has 0 aromatic rings. The summed E-state index contributed by atoms with van der Waals surface area (Å²) in [6, 6.07) is 0. The minimum atomic E-state index is -0.368. The molecule has 0 aliphatic carbocycles. The zero-order valence-electron chi connectivity index (χ0n) is 14.3. The fourth-order valence-corrected chi connectivity index (χ4v) is 2.89. The molecule has 1 aliphatic heterocycles. The van der Waals surface area contributed by atoms with Gasteiger partial charge in [-0.2, -0.15) is 0 Å². The highest BCUT2D eigenvalue weighted by Crippen LogP contribution is 2.34. The first-order valence-electron chi connectivity index (χ1n) is 8.02. The fraction of sp³-hybridized carbons (Fsp3) is 0.941. The molecule has 118 valence electrons. The van der Waals surface area contributed by atoms with Crippen molar-refractivity contribution in [3.8, 4) is 0 Å². The summed E-state index contributed by atoms with van der Waals surface area (Å²) in [5.74, 6) is 0.725. The van der Waals surface area contributed by atoms with Gasteiger partial charge in [0.2, 0.25) is 0 Å². The van der Waals surface area contributed by atoms with Gasteiger partial charge in [-0.15, -0.1) is 0 Å². The van der Waals surface area contributed by atoms with Gasteiger partial charge in [-0.3, -0.25) is 4.79 Å². The molecule has 3 heteroatoms. The van der Waals surface area contributed by atoms with Gasteiger partial charge in [0.15, 0.2) is 0 Å². The third-order valence-electron chi connectivity index (χ3n) is 4.10. The summed E-state index contributed by atoms with van der Waals surface area (Å²) < 4.78 is 5.37. The Morgan fingerprint density at radius 3 is 2.30 bits per heavy atom. The van der Waals surface area contributed by atoms with Crippen molar-refractivity contribution in [1.29, 1.82) is 0 Å². The second-order valence-corrected chi connectivity index (χ2v) is 8.17. The van der Waals surface area contributed by atoms with Gasteiger partial charge in [0.05, 0.1) is 6.42 Å². The molecular formula is C17H33NO2. The summed E-state index contributed by atoms with van der Waals surface area (Å²) in [5.41, 5.74) is 0.0361. The number of carbonyl (C=O) groups is 1. The third-order valence-corrected chi connectivity index (χ3v) is 4.10. The van der Waals surface area contributed by atoms with E-state index < -0.39 is 0 Å². The Morgan fingerprint density at radius 2 is 1.75 bits per heavy atom. The first-order chi connectivity index (χ1) is 9.08. The Bertz CT molecular complexity index is 312. The first kappa shape index (κ1) is 17.5. The van der Waals surface area contributed by atoms with E-state index in [4.69, 9.17) is 4.74 Å².